The van der Waals surface area contributed by atoms with E-state index in [-0.39, 0.29) is 6.04 Å². The molecule has 0 N–H and O–H groups in total. The van der Waals surface area contributed by atoms with Gasteiger partial charge < -0.3 is 9.30 Å². The molecular weight excluding hydrogens is 328 g/mol. The molecule has 0 amide bonds. The lowest BCUT2D eigenvalue weighted by Crippen LogP contribution is -2.14. The number of likely N-dealkylation sites (N-methyl/N-ethyl adjacent to an activating group) is 1. The van der Waals surface area contributed by atoms with E-state index in [9.17, 15) is 0 Å². The first-order chi connectivity index (χ1) is 12.7. The van der Waals surface area contributed by atoms with Crippen molar-refractivity contribution >= 4 is 16.9 Å². The first-order valence-corrected chi connectivity index (χ1v) is 8.88. The van der Waals surface area contributed by atoms with Gasteiger partial charge in [-0.3, -0.25) is 0 Å². The predicted molar refractivity (Wildman–Crippen MR) is 97.0 cm³/mol. The molecule has 1 fully saturated rings. The molecule has 1 aliphatic heterocycles. The van der Waals surface area contributed by atoms with E-state index in [2.05, 4.69) is 51.4 Å². The van der Waals surface area contributed by atoms with Gasteiger partial charge in [-0.25, -0.2) is 19.6 Å². The number of rotatable bonds is 3. The summed E-state index contributed by atoms with van der Waals surface area (Å²) in [6.07, 6.45) is 8.78. The average Bonchev–Trinajstić information content (AvgIpc) is 3.38. The number of hydrogen-bond acceptors (Lipinski definition) is 6. The molecule has 1 aliphatic rings. The average molecular weight is 348 g/mol. The second kappa shape index (κ2) is 5.84. The minimum Gasteiger partial charge on any atom is -0.307 e. The second-order valence-electron chi connectivity index (χ2n) is 7.06. The summed E-state index contributed by atoms with van der Waals surface area (Å²) < 4.78 is 3.87. The highest BCUT2D eigenvalue weighted by Gasteiger charge is 2.24. The third-order valence-corrected chi connectivity index (χ3v) is 5.28. The highest BCUT2D eigenvalue weighted by Crippen LogP contribution is 2.26. The molecule has 2 atom stereocenters. The smallest absolute Gasteiger partial charge is 0.221 e. The van der Waals surface area contributed by atoms with Gasteiger partial charge in [-0.05, 0) is 38.6 Å². The molecule has 1 saturated heterocycles. The van der Waals surface area contributed by atoms with E-state index < -0.39 is 0 Å². The van der Waals surface area contributed by atoms with Crippen LogP contribution in [0.15, 0.2) is 36.9 Å². The second-order valence-corrected chi connectivity index (χ2v) is 7.06. The van der Waals surface area contributed by atoms with Crippen molar-refractivity contribution in [2.24, 2.45) is 0 Å². The molecule has 5 heterocycles. The predicted octanol–water partition coefficient (Wildman–Crippen LogP) is 1.90. The maximum atomic E-state index is 4.88. The third kappa shape index (κ3) is 2.45. The SMILES string of the molecule is C[C@@H](c1ccc2nccn2c1)n1nnc2ncc(C3CCN(C)C3)nc21. The molecule has 4 aromatic rings. The Labute approximate surface area is 150 Å². The van der Waals surface area contributed by atoms with Crippen LogP contribution in [-0.2, 0) is 0 Å². The summed E-state index contributed by atoms with van der Waals surface area (Å²) in [5.41, 5.74) is 4.42. The zero-order valence-corrected chi connectivity index (χ0v) is 14.8. The van der Waals surface area contributed by atoms with Gasteiger partial charge in [-0.15, -0.1) is 5.10 Å². The highest BCUT2D eigenvalue weighted by atomic mass is 15.5. The summed E-state index contributed by atoms with van der Waals surface area (Å²) in [6, 6.07) is 4.09. The van der Waals surface area contributed by atoms with Crippen molar-refractivity contribution < 1.29 is 0 Å². The lowest BCUT2D eigenvalue weighted by atomic mass is 10.1. The monoisotopic (exact) mass is 348 g/mol. The number of aromatic nitrogens is 7. The lowest BCUT2D eigenvalue weighted by Gasteiger charge is -2.14. The topological polar surface area (TPSA) is 77.0 Å². The molecule has 8 heteroatoms. The lowest BCUT2D eigenvalue weighted by molar-refractivity contribution is 0.410. The van der Waals surface area contributed by atoms with Crippen LogP contribution in [0.25, 0.3) is 16.9 Å². The van der Waals surface area contributed by atoms with Crippen molar-refractivity contribution in [1.29, 1.82) is 0 Å². The Morgan fingerprint density at radius 1 is 1.23 bits per heavy atom. The quantitative estimate of drug-likeness (QED) is 0.563. The summed E-state index contributed by atoms with van der Waals surface area (Å²) >= 11 is 0. The van der Waals surface area contributed by atoms with Gasteiger partial charge >= 0.3 is 0 Å². The van der Waals surface area contributed by atoms with Gasteiger partial charge in [0.1, 0.15) is 5.65 Å². The zero-order valence-electron chi connectivity index (χ0n) is 14.8. The molecule has 0 bridgehead atoms. The van der Waals surface area contributed by atoms with E-state index in [4.69, 9.17) is 4.98 Å². The van der Waals surface area contributed by atoms with E-state index in [1.807, 2.05) is 27.5 Å². The van der Waals surface area contributed by atoms with Crippen molar-refractivity contribution in [3.63, 3.8) is 0 Å². The largest absolute Gasteiger partial charge is 0.307 e. The van der Waals surface area contributed by atoms with Crippen LogP contribution >= 0.6 is 0 Å². The number of nitrogens with zero attached hydrogens (tertiary/aromatic N) is 8. The fourth-order valence-electron chi connectivity index (χ4n) is 3.70. The minimum absolute atomic E-state index is 0.00241. The number of hydrogen-bond donors (Lipinski definition) is 0. The van der Waals surface area contributed by atoms with Crippen molar-refractivity contribution in [3.05, 3.63) is 48.2 Å². The van der Waals surface area contributed by atoms with Crippen LogP contribution < -0.4 is 0 Å². The van der Waals surface area contributed by atoms with Crippen LogP contribution in [0.3, 0.4) is 0 Å². The first-order valence-electron chi connectivity index (χ1n) is 8.88. The summed E-state index contributed by atoms with van der Waals surface area (Å²) in [6.45, 7) is 4.22. The highest BCUT2D eigenvalue weighted by molar-refractivity contribution is 5.64. The molecule has 4 aromatic heterocycles. The molecule has 0 spiro atoms. The van der Waals surface area contributed by atoms with Gasteiger partial charge in [-0.2, -0.15) is 0 Å². The summed E-state index contributed by atoms with van der Waals surface area (Å²) in [5.74, 6) is 0.429. The van der Waals surface area contributed by atoms with E-state index in [0.29, 0.717) is 11.6 Å². The molecule has 26 heavy (non-hydrogen) atoms. The molecule has 0 radical (unpaired) electrons. The van der Waals surface area contributed by atoms with Gasteiger partial charge in [0.25, 0.3) is 0 Å². The van der Waals surface area contributed by atoms with Crippen molar-refractivity contribution in [3.8, 4) is 0 Å². The molecule has 132 valence electrons. The van der Waals surface area contributed by atoms with Crippen molar-refractivity contribution in [1.82, 2.24) is 39.2 Å². The van der Waals surface area contributed by atoms with Crippen LogP contribution in [-0.4, -0.2) is 59.4 Å². The van der Waals surface area contributed by atoms with Crippen molar-refractivity contribution in [2.75, 3.05) is 20.1 Å². The van der Waals surface area contributed by atoms with Crippen LogP contribution in [0.4, 0.5) is 0 Å². The molecule has 5 rings (SSSR count). The van der Waals surface area contributed by atoms with Gasteiger partial charge in [0, 0.05) is 31.1 Å². The Morgan fingerprint density at radius 2 is 2.15 bits per heavy atom. The van der Waals surface area contributed by atoms with Crippen LogP contribution in [0.5, 0.6) is 0 Å². The Kier molecular flexibility index (Phi) is 3.46. The maximum absolute atomic E-state index is 4.88. The summed E-state index contributed by atoms with van der Waals surface area (Å²) in [7, 11) is 2.14. The summed E-state index contributed by atoms with van der Waals surface area (Å²) in [4.78, 5) is 16.0. The normalized spacial score (nSPS) is 19.5. The Morgan fingerprint density at radius 3 is 3.00 bits per heavy atom. The molecule has 8 nitrogen and oxygen atoms in total. The summed E-state index contributed by atoms with van der Waals surface area (Å²) in [5, 5.41) is 8.54. The number of imidazole rings is 1. The minimum atomic E-state index is 0.00241. The van der Waals surface area contributed by atoms with E-state index in [0.717, 1.165) is 42.1 Å². The first kappa shape index (κ1) is 15.4. The fraction of sp³-hybridized carbons (Fsp3) is 0.389. The van der Waals surface area contributed by atoms with E-state index in [1.165, 1.54) is 0 Å². The number of likely N-dealkylation sites (tertiary alicyclic amines) is 1. The fourth-order valence-corrected chi connectivity index (χ4v) is 3.70. The standard InChI is InChI=1S/C18H20N8/c1-12(13-3-4-16-19-6-8-25(16)11-13)26-18-17(22-23-26)20-9-15(21-18)14-5-7-24(2)10-14/h3-4,6,8-9,11-12,14H,5,7,10H2,1-2H3/t12-,14?/m0/s1. The van der Waals surface area contributed by atoms with Gasteiger partial charge in [0.05, 0.1) is 17.9 Å². The zero-order chi connectivity index (χ0) is 17.7. The van der Waals surface area contributed by atoms with Crippen LogP contribution in [0, 0.1) is 0 Å². The Bertz CT molecular complexity index is 1080. The number of fused-ring (bicyclic) bond motifs is 2. The molecule has 0 aromatic carbocycles. The van der Waals surface area contributed by atoms with Gasteiger partial charge in [0.15, 0.2) is 5.65 Å². The Balaban J connectivity index is 1.55. The van der Waals surface area contributed by atoms with Crippen molar-refractivity contribution in [2.45, 2.75) is 25.3 Å². The Hall–Kier alpha value is -2.87. The van der Waals surface area contributed by atoms with Gasteiger partial charge in [-0.1, -0.05) is 11.3 Å². The third-order valence-electron chi connectivity index (χ3n) is 5.28. The number of pyridine rings is 1. The van der Waals surface area contributed by atoms with Gasteiger partial charge in [0.2, 0.25) is 5.65 Å². The van der Waals surface area contributed by atoms with E-state index in [1.54, 1.807) is 6.20 Å². The van der Waals surface area contributed by atoms with Crippen LogP contribution in [0.2, 0.25) is 0 Å². The van der Waals surface area contributed by atoms with E-state index >= 15 is 0 Å². The molecular formula is C18H20N8. The molecule has 1 unspecified atom stereocenters. The van der Waals surface area contributed by atoms with Crippen LogP contribution in [0.1, 0.15) is 36.6 Å². The molecule has 0 aliphatic carbocycles. The molecule has 0 saturated carbocycles. The maximum Gasteiger partial charge on any atom is 0.221 e.